The Hall–Kier alpha value is -2.41. The van der Waals surface area contributed by atoms with Crippen molar-refractivity contribution in [1.82, 2.24) is 20.4 Å². The van der Waals surface area contributed by atoms with Crippen molar-refractivity contribution in [3.05, 3.63) is 35.9 Å². The van der Waals surface area contributed by atoms with Crippen LogP contribution in [0.4, 0.5) is 4.79 Å². The van der Waals surface area contributed by atoms with E-state index in [4.69, 9.17) is 0 Å². The van der Waals surface area contributed by atoms with Gasteiger partial charge in [-0.3, -0.25) is 19.8 Å². The molecule has 1 aliphatic heterocycles. The summed E-state index contributed by atoms with van der Waals surface area (Å²) < 4.78 is 0. The molecule has 1 fully saturated rings. The maximum absolute atomic E-state index is 13.0. The van der Waals surface area contributed by atoms with Gasteiger partial charge in [-0.1, -0.05) is 30.3 Å². The predicted octanol–water partition coefficient (Wildman–Crippen LogP) is 0.953. The fourth-order valence-electron chi connectivity index (χ4n) is 3.13. The Morgan fingerprint density at radius 2 is 1.62 bits per heavy atom. The Balaban J connectivity index is 1.94. The number of hydrogen-bond acceptors (Lipinski definition) is 4. The van der Waals surface area contributed by atoms with Crippen molar-refractivity contribution in [2.75, 3.05) is 33.2 Å². The van der Waals surface area contributed by atoms with E-state index >= 15 is 0 Å². The maximum atomic E-state index is 13.0. The first-order valence-electron chi connectivity index (χ1n) is 8.89. The number of hydrogen-bond donors (Lipinski definition) is 2. The molecule has 0 saturated carbocycles. The Kier molecular flexibility index (Phi) is 6.37. The van der Waals surface area contributed by atoms with Crippen LogP contribution in [0.1, 0.15) is 26.3 Å². The molecule has 1 aliphatic rings. The van der Waals surface area contributed by atoms with E-state index < -0.39 is 17.5 Å². The van der Waals surface area contributed by atoms with Gasteiger partial charge in [0.15, 0.2) is 0 Å². The van der Waals surface area contributed by atoms with Crippen molar-refractivity contribution in [1.29, 1.82) is 0 Å². The summed E-state index contributed by atoms with van der Waals surface area (Å²) in [6.45, 7) is 7.97. The molecule has 0 aliphatic carbocycles. The Morgan fingerprint density at radius 1 is 1.04 bits per heavy atom. The van der Waals surface area contributed by atoms with Crippen molar-refractivity contribution >= 4 is 17.8 Å². The van der Waals surface area contributed by atoms with Gasteiger partial charge >= 0.3 is 6.03 Å². The molecule has 7 nitrogen and oxygen atoms in total. The van der Waals surface area contributed by atoms with Gasteiger partial charge in [-0.15, -0.1) is 0 Å². The van der Waals surface area contributed by atoms with E-state index in [9.17, 15) is 14.4 Å². The van der Waals surface area contributed by atoms with Crippen LogP contribution in [-0.4, -0.2) is 66.9 Å². The molecule has 1 aromatic rings. The lowest BCUT2D eigenvalue weighted by molar-refractivity contribution is -0.138. The smallest absolute Gasteiger partial charge is 0.321 e. The van der Waals surface area contributed by atoms with Gasteiger partial charge in [-0.05, 0) is 26.3 Å². The highest BCUT2D eigenvalue weighted by Gasteiger charge is 2.36. The minimum Gasteiger partial charge on any atom is -0.341 e. The summed E-state index contributed by atoms with van der Waals surface area (Å²) in [7, 11) is 1.46. The Bertz CT molecular complexity index is 652. The van der Waals surface area contributed by atoms with E-state index in [1.54, 1.807) is 6.92 Å². The van der Waals surface area contributed by atoms with Crippen molar-refractivity contribution in [2.24, 2.45) is 0 Å². The van der Waals surface area contributed by atoms with Crippen molar-refractivity contribution in [3.63, 3.8) is 0 Å². The first-order chi connectivity index (χ1) is 12.3. The molecule has 1 unspecified atom stereocenters. The predicted molar refractivity (Wildman–Crippen MR) is 99.7 cm³/mol. The van der Waals surface area contributed by atoms with Crippen molar-refractivity contribution in [3.8, 4) is 0 Å². The molecule has 7 heteroatoms. The SMILES string of the molecule is CNC(=O)NC(=O)C(C)N1CCN(C(=O)C(C)(C)c2ccccc2)CC1. The number of carbonyl (C=O) groups excluding carboxylic acids is 3. The number of nitrogens with one attached hydrogen (secondary N) is 2. The number of carbonyl (C=O) groups is 3. The zero-order valence-electron chi connectivity index (χ0n) is 15.9. The monoisotopic (exact) mass is 360 g/mol. The average Bonchev–Trinajstić information content (AvgIpc) is 2.67. The molecule has 26 heavy (non-hydrogen) atoms. The molecule has 1 atom stereocenters. The summed E-state index contributed by atoms with van der Waals surface area (Å²) >= 11 is 0. The lowest BCUT2D eigenvalue weighted by Crippen LogP contribution is -2.57. The van der Waals surface area contributed by atoms with Gasteiger partial charge in [0.25, 0.3) is 0 Å². The minimum atomic E-state index is -0.592. The first-order valence-corrected chi connectivity index (χ1v) is 8.89. The maximum Gasteiger partial charge on any atom is 0.321 e. The third kappa shape index (κ3) is 4.40. The van der Waals surface area contributed by atoms with Gasteiger partial charge in [0, 0.05) is 33.2 Å². The van der Waals surface area contributed by atoms with Crippen LogP contribution in [0, 0.1) is 0 Å². The summed E-state index contributed by atoms with van der Waals surface area (Å²) in [5, 5.41) is 4.66. The molecule has 0 bridgehead atoms. The van der Waals surface area contributed by atoms with Crippen LogP contribution in [-0.2, 0) is 15.0 Å². The molecule has 4 amide bonds. The van der Waals surface area contributed by atoms with E-state index in [0.29, 0.717) is 26.2 Å². The summed E-state index contributed by atoms with van der Waals surface area (Å²) in [4.78, 5) is 40.2. The van der Waals surface area contributed by atoms with Gasteiger partial charge in [0.2, 0.25) is 11.8 Å². The van der Waals surface area contributed by atoms with Crippen LogP contribution in [0.15, 0.2) is 30.3 Å². The second-order valence-corrected chi connectivity index (χ2v) is 7.06. The van der Waals surface area contributed by atoms with Crippen LogP contribution in [0.3, 0.4) is 0 Å². The molecular weight excluding hydrogens is 332 g/mol. The first kappa shape index (κ1) is 19.9. The molecule has 0 spiro atoms. The fraction of sp³-hybridized carbons (Fsp3) is 0.526. The van der Waals surface area contributed by atoms with E-state index in [1.807, 2.05) is 54.0 Å². The van der Waals surface area contributed by atoms with Crippen molar-refractivity contribution in [2.45, 2.75) is 32.2 Å². The van der Waals surface area contributed by atoms with Gasteiger partial charge < -0.3 is 10.2 Å². The Labute approximate surface area is 154 Å². The molecule has 1 saturated heterocycles. The average molecular weight is 360 g/mol. The largest absolute Gasteiger partial charge is 0.341 e. The van der Waals surface area contributed by atoms with Crippen LogP contribution < -0.4 is 10.6 Å². The minimum absolute atomic E-state index is 0.0887. The molecule has 0 radical (unpaired) electrons. The molecule has 0 aromatic heterocycles. The number of piperazine rings is 1. The fourth-order valence-corrected chi connectivity index (χ4v) is 3.13. The lowest BCUT2D eigenvalue weighted by atomic mass is 9.83. The van der Waals surface area contributed by atoms with E-state index in [0.717, 1.165) is 5.56 Å². The highest BCUT2D eigenvalue weighted by atomic mass is 16.2. The summed E-state index contributed by atoms with van der Waals surface area (Å²) in [5.41, 5.74) is 0.400. The van der Waals surface area contributed by atoms with Crippen LogP contribution in [0.2, 0.25) is 0 Å². The number of amides is 4. The molecule has 2 rings (SSSR count). The molecule has 142 valence electrons. The molecule has 1 aromatic carbocycles. The highest BCUT2D eigenvalue weighted by Crippen LogP contribution is 2.26. The van der Waals surface area contributed by atoms with E-state index in [-0.39, 0.29) is 11.8 Å². The lowest BCUT2D eigenvalue weighted by Gasteiger charge is -2.40. The summed E-state index contributed by atoms with van der Waals surface area (Å²) in [6.07, 6.45) is 0. The number of urea groups is 1. The van der Waals surface area contributed by atoms with Crippen molar-refractivity contribution < 1.29 is 14.4 Å². The zero-order chi connectivity index (χ0) is 19.3. The number of rotatable bonds is 4. The van der Waals surface area contributed by atoms with Gasteiger partial charge in [0.1, 0.15) is 0 Å². The summed E-state index contributed by atoms with van der Waals surface area (Å²) in [6, 6.07) is 8.82. The molecular formula is C19H28N4O3. The number of imide groups is 1. The Morgan fingerprint density at radius 3 is 2.15 bits per heavy atom. The quantitative estimate of drug-likeness (QED) is 0.838. The summed E-state index contributed by atoms with van der Waals surface area (Å²) in [5.74, 6) is -0.250. The highest BCUT2D eigenvalue weighted by molar-refractivity contribution is 5.96. The molecule has 2 N–H and O–H groups in total. The number of benzene rings is 1. The second-order valence-electron chi connectivity index (χ2n) is 7.06. The van der Waals surface area contributed by atoms with Crippen LogP contribution in [0.25, 0.3) is 0 Å². The molecule has 1 heterocycles. The van der Waals surface area contributed by atoms with E-state index in [2.05, 4.69) is 10.6 Å². The van der Waals surface area contributed by atoms with Gasteiger partial charge in [0.05, 0.1) is 11.5 Å². The van der Waals surface area contributed by atoms with Crippen LogP contribution in [0.5, 0.6) is 0 Å². The normalized spacial score (nSPS) is 16.7. The van der Waals surface area contributed by atoms with Gasteiger partial charge in [-0.2, -0.15) is 0 Å². The van der Waals surface area contributed by atoms with E-state index in [1.165, 1.54) is 7.05 Å². The topological polar surface area (TPSA) is 81.8 Å². The zero-order valence-corrected chi connectivity index (χ0v) is 15.9. The third-order valence-corrected chi connectivity index (χ3v) is 5.02. The standard InChI is InChI=1S/C19H28N4O3/c1-14(16(24)21-18(26)20-4)22-10-12-23(13-11-22)17(25)19(2,3)15-8-6-5-7-9-15/h5-9,14H,10-13H2,1-4H3,(H2,20,21,24,26). The number of nitrogens with zero attached hydrogens (tertiary/aromatic N) is 2. The van der Waals surface area contributed by atoms with Gasteiger partial charge in [-0.25, -0.2) is 4.79 Å². The second kappa shape index (κ2) is 8.31. The van der Waals surface area contributed by atoms with Crippen LogP contribution >= 0.6 is 0 Å². The third-order valence-electron chi connectivity index (χ3n) is 5.02.